The summed E-state index contributed by atoms with van der Waals surface area (Å²) < 4.78 is 0. The fourth-order valence-corrected chi connectivity index (χ4v) is 5.78. The molecule has 4 aliphatic rings. The second kappa shape index (κ2) is 4.53. The third-order valence-electron chi connectivity index (χ3n) is 6.93. The van der Waals surface area contributed by atoms with Crippen molar-refractivity contribution >= 4 is 11.9 Å². The summed E-state index contributed by atoms with van der Waals surface area (Å²) in [5.41, 5.74) is -0.638. The van der Waals surface area contributed by atoms with Gasteiger partial charge in [0.05, 0.1) is 5.60 Å². The van der Waals surface area contributed by atoms with Crippen LogP contribution in [0.2, 0.25) is 0 Å². The van der Waals surface area contributed by atoms with Crippen LogP contribution < -0.4 is 16.0 Å². The Kier molecular flexibility index (Phi) is 2.75. The maximum absolute atomic E-state index is 12.5. The first-order valence-corrected chi connectivity index (χ1v) is 8.80. The topological polar surface area (TPSA) is 111 Å². The molecular weight excluding hydrogens is 322 g/mol. The van der Waals surface area contributed by atoms with Gasteiger partial charge >= 0.3 is 6.03 Å². The first-order valence-electron chi connectivity index (χ1n) is 8.80. The third-order valence-corrected chi connectivity index (χ3v) is 6.93. The number of hydrogen-bond donors (Lipinski definition) is 5. The number of nitrogens with one attached hydrogen (secondary N) is 3. The molecule has 2 saturated heterocycles. The van der Waals surface area contributed by atoms with E-state index in [9.17, 15) is 19.8 Å². The van der Waals surface area contributed by atoms with Crippen LogP contribution in [0.5, 0.6) is 5.75 Å². The van der Waals surface area contributed by atoms with E-state index in [-0.39, 0.29) is 17.7 Å². The van der Waals surface area contributed by atoms with Gasteiger partial charge in [0.2, 0.25) is 0 Å². The van der Waals surface area contributed by atoms with E-state index in [0.29, 0.717) is 32.1 Å². The van der Waals surface area contributed by atoms with Crippen molar-refractivity contribution in [2.45, 2.75) is 54.7 Å². The fraction of sp³-hybridized carbons (Fsp3) is 0.556. The molecule has 5 N–H and O–H groups in total. The van der Waals surface area contributed by atoms with Crippen molar-refractivity contribution in [3.8, 4) is 5.75 Å². The number of phenolic OH excluding ortho intramolecular Hbond substituents is 1. The molecule has 0 aromatic heterocycles. The molecule has 2 aliphatic heterocycles. The van der Waals surface area contributed by atoms with Crippen LogP contribution in [0, 0.1) is 0 Å². The monoisotopic (exact) mass is 343 g/mol. The summed E-state index contributed by atoms with van der Waals surface area (Å²) in [4.78, 5) is 24.3. The molecule has 1 aromatic rings. The standard InChI is InChI=1S/C18H21N3O4/c22-11-2-1-10-7-13-18(25)4-3-17(14(23)20-15(24)21-17)9-16(18,5-6-19-13)12(10)8-11/h1-2,8,13,19,22,25H,3-7,9H2,(H2,20,21,23,24)/t13-,16?,17+,18-/m1/s1. The normalized spacial score (nSPS) is 41.7. The van der Waals surface area contributed by atoms with Gasteiger partial charge in [-0.05, 0) is 61.9 Å². The Morgan fingerprint density at radius 3 is 2.76 bits per heavy atom. The summed E-state index contributed by atoms with van der Waals surface area (Å²) in [5.74, 6) is -0.150. The van der Waals surface area contributed by atoms with Crippen LogP contribution in [-0.2, 0) is 16.6 Å². The number of aromatic hydroxyl groups is 1. The van der Waals surface area contributed by atoms with Gasteiger partial charge in [-0.2, -0.15) is 0 Å². The van der Waals surface area contributed by atoms with Crippen LogP contribution >= 0.6 is 0 Å². The summed E-state index contributed by atoms with van der Waals surface area (Å²) in [6.45, 7) is 0.730. The summed E-state index contributed by atoms with van der Waals surface area (Å²) in [7, 11) is 0. The van der Waals surface area contributed by atoms with Crippen molar-refractivity contribution in [2.24, 2.45) is 0 Å². The van der Waals surface area contributed by atoms with Crippen LogP contribution in [0.4, 0.5) is 4.79 Å². The van der Waals surface area contributed by atoms with Gasteiger partial charge in [-0.25, -0.2) is 4.79 Å². The zero-order valence-electron chi connectivity index (χ0n) is 13.8. The smallest absolute Gasteiger partial charge is 0.322 e. The van der Waals surface area contributed by atoms with Crippen molar-refractivity contribution in [1.82, 2.24) is 16.0 Å². The number of carbonyl (C=O) groups excluding carboxylic acids is 2. The number of aliphatic hydroxyl groups is 1. The number of carbonyl (C=O) groups is 2. The van der Waals surface area contributed by atoms with Gasteiger partial charge in [0.25, 0.3) is 5.91 Å². The Bertz CT molecular complexity index is 812. The predicted octanol–water partition coefficient (Wildman–Crippen LogP) is 0.0412. The lowest BCUT2D eigenvalue weighted by Crippen LogP contribution is -2.75. The molecule has 25 heavy (non-hydrogen) atoms. The Labute approximate surface area is 144 Å². The lowest BCUT2D eigenvalue weighted by molar-refractivity contribution is -0.151. The summed E-state index contributed by atoms with van der Waals surface area (Å²) in [5, 5.41) is 30.4. The van der Waals surface area contributed by atoms with Crippen molar-refractivity contribution in [1.29, 1.82) is 0 Å². The van der Waals surface area contributed by atoms with E-state index in [4.69, 9.17) is 0 Å². The average Bonchev–Trinajstić information content (AvgIpc) is 2.82. The molecule has 5 rings (SSSR count). The molecule has 4 atom stereocenters. The average molecular weight is 343 g/mol. The summed E-state index contributed by atoms with van der Waals surface area (Å²) >= 11 is 0. The molecular formula is C18H21N3O4. The van der Waals surface area contributed by atoms with Crippen molar-refractivity contribution in [3.05, 3.63) is 29.3 Å². The van der Waals surface area contributed by atoms with Gasteiger partial charge in [0.15, 0.2) is 0 Å². The Morgan fingerprint density at radius 2 is 2.00 bits per heavy atom. The van der Waals surface area contributed by atoms with Gasteiger partial charge in [0, 0.05) is 11.5 Å². The number of urea groups is 1. The van der Waals surface area contributed by atoms with E-state index < -0.39 is 22.6 Å². The first-order chi connectivity index (χ1) is 11.9. The number of rotatable bonds is 0. The number of fused-ring (bicyclic) bond motifs is 1. The van der Waals surface area contributed by atoms with Crippen LogP contribution in [0.25, 0.3) is 0 Å². The molecule has 1 spiro atoms. The molecule has 7 nitrogen and oxygen atoms in total. The van der Waals surface area contributed by atoms with Crippen LogP contribution in [-0.4, -0.2) is 45.9 Å². The second-order valence-corrected chi connectivity index (χ2v) is 7.98. The molecule has 2 heterocycles. The lowest BCUT2D eigenvalue weighted by Gasteiger charge is -2.63. The highest BCUT2D eigenvalue weighted by Crippen LogP contribution is 2.59. The van der Waals surface area contributed by atoms with E-state index in [1.807, 2.05) is 6.07 Å². The minimum Gasteiger partial charge on any atom is -0.508 e. The molecule has 1 aromatic carbocycles. The number of imide groups is 1. The highest BCUT2D eigenvalue weighted by Gasteiger charge is 2.68. The van der Waals surface area contributed by atoms with E-state index >= 15 is 0 Å². The van der Waals surface area contributed by atoms with Gasteiger partial charge in [-0.15, -0.1) is 0 Å². The molecule has 3 amide bonds. The Balaban J connectivity index is 1.71. The zero-order chi connectivity index (χ0) is 17.4. The molecule has 3 fully saturated rings. The van der Waals surface area contributed by atoms with Crippen molar-refractivity contribution < 1.29 is 19.8 Å². The van der Waals surface area contributed by atoms with Crippen LogP contribution in [0.3, 0.4) is 0 Å². The SMILES string of the molecule is O=C1NC(=O)[C@@]2(CC[C@@]3(O)[C@H]4Cc5ccc(O)cc5C3(CCN4)C2)N1. The molecule has 0 radical (unpaired) electrons. The lowest BCUT2D eigenvalue weighted by atomic mass is 9.47. The maximum Gasteiger partial charge on any atom is 0.322 e. The van der Waals surface area contributed by atoms with Crippen molar-refractivity contribution in [2.75, 3.05) is 6.54 Å². The molecule has 2 bridgehead atoms. The highest BCUT2D eigenvalue weighted by molar-refractivity contribution is 6.07. The number of benzene rings is 1. The van der Waals surface area contributed by atoms with Crippen molar-refractivity contribution in [3.63, 3.8) is 0 Å². The number of piperidine rings is 1. The molecule has 132 valence electrons. The predicted molar refractivity (Wildman–Crippen MR) is 88.1 cm³/mol. The van der Waals surface area contributed by atoms with E-state index in [1.165, 1.54) is 0 Å². The minimum atomic E-state index is -0.995. The van der Waals surface area contributed by atoms with Gasteiger partial charge in [-0.3, -0.25) is 10.1 Å². The van der Waals surface area contributed by atoms with Gasteiger partial charge in [0.1, 0.15) is 11.3 Å². The highest BCUT2D eigenvalue weighted by atomic mass is 16.3. The van der Waals surface area contributed by atoms with Gasteiger partial charge < -0.3 is 20.8 Å². The molecule has 2 aliphatic carbocycles. The quantitative estimate of drug-likeness (QED) is 0.427. The Hall–Kier alpha value is -2.12. The van der Waals surface area contributed by atoms with Crippen LogP contribution in [0.15, 0.2) is 18.2 Å². The molecule has 1 saturated carbocycles. The zero-order valence-corrected chi connectivity index (χ0v) is 13.8. The maximum atomic E-state index is 12.5. The van der Waals surface area contributed by atoms with Gasteiger partial charge in [-0.1, -0.05) is 6.07 Å². The fourth-order valence-electron chi connectivity index (χ4n) is 5.78. The first kappa shape index (κ1) is 15.2. The largest absolute Gasteiger partial charge is 0.508 e. The summed E-state index contributed by atoms with van der Waals surface area (Å²) in [6.07, 6.45) is 2.53. The minimum absolute atomic E-state index is 0.0872. The van der Waals surface area contributed by atoms with E-state index in [0.717, 1.165) is 17.7 Å². The number of amides is 3. The third kappa shape index (κ3) is 1.72. The van der Waals surface area contributed by atoms with E-state index in [2.05, 4.69) is 16.0 Å². The number of phenols is 1. The molecule has 7 heteroatoms. The van der Waals surface area contributed by atoms with E-state index in [1.54, 1.807) is 12.1 Å². The Morgan fingerprint density at radius 1 is 1.16 bits per heavy atom. The number of hydrogen-bond acceptors (Lipinski definition) is 5. The summed E-state index contributed by atoms with van der Waals surface area (Å²) in [6, 6.07) is 4.74. The van der Waals surface area contributed by atoms with Crippen LogP contribution in [0.1, 0.15) is 36.8 Å². The second-order valence-electron chi connectivity index (χ2n) is 7.98. The molecule has 1 unspecified atom stereocenters.